The molecule has 6 nitrogen and oxygen atoms in total. The molecule has 1 aromatic heterocycles. The van der Waals surface area contributed by atoms with Crippen LogP contribution >= 0.6 is 0 Å². The Morgan fingerprint density at radius 3 is 2.75 bits per heavy atom. The van der Waals surface area contributed by atoms with Crippen LogP contribution in [0.2, 0.25) is 0 Å². The van der Waals surface area contributed by atoms with Gasteiger partial charge in [0.1, 0.15) is 6.20 Å². The van der Waals surface area contributed by atoms with Gasteiger partial charge in [-0.25, -0.2) is 0 Å². The molecule has 1 aromatic rings. The van der Waals surface area contributed by atoms with Crippen LogP contribution in [0.3, 0.4) is 0 Å². The van der Waals surface area contributed by atoms with E-state index in [4.69, 9.17) is 0 Å². The Balaban J connectivity index is 2.92. The third-order valence-corrected chi connectivity index (χ3v) is 2.34. The van der Waals surface area contributed by atoms with E-state index in [-0.39, 0.29) is 11.2 Å². The molecule has 90 valence electrons. The predicted octanol–water partition coefficient (Wildman–Crippen LogP) is 2.32. The second kappa shape index (κ2) is 4.51. The zero-order valence-corrected chi connectivity index (χ0v) is 10.1. The molecular weight excluding hydrogens is 208 g/mol. The zero-order valence-electron chi connectivity index (χ0n) is 10.1. The van der Waals surface area contributed by atoms with Gasteiger partial charge < -0.3 is 5.32 Å². The second-order valence-electron chi connectivity index (χ2n) is 4.55. The molecule has 1 heterocycles. The topological polar surface area (TPSA) is 73.0 Å². The molecule has 1 N–H and O–H groups in total. The van der Waals surface area contributed by atoms with Gasteiger partial charge in [0.25, 0.3) is 0 Å². The van der Waals surface area contributed by atoms with Crippen molar-refractivity contribution in [3.05, 3.63) is 16.3 Å². The molecule has 0 bridgehead atoms. The standard InChI is InChI=1S/C10H18N4O2/c1-5-6-10(2,3)11-9-8(14(15)16)7-13(4)12-9/h7H,5-6H2,1-4H3,(H,11,12). The van der Waals surface area contributed by atoms with Crippen LogP contribution in [-0.2, 0) is 7.05 Å². The normalized spacial score (nSPS) is 11.5. The van der Waals surface area contributed by atoms with E-state index < -0.39 is 4.92 Å². The van der Waals surface area contributed by atoms with Crippen molar-refractivity contribution < 1.29 is 4.92 Å². The third kappa shape index (κ3) is 2.95. The maximum Gasteiger partial charge on any atom is 0.330 e. The van der Waals surface area contributed by atoms with Gasteiger partial charge in [0.2, 0.25) is 5.82 Å². The minimum atomic E-state index is -0.419. The van der Waals surface area contributed by atoms with E-state index in [9.17, 15) is 10.1 Å². The first kappa shape index (κ1) is 12.5. The molecule has 0 aromatic carbocycles. The fourth-order valence-corrected chi connectivity index (χ4v) is 1.71. The van der Waals surface area contributed by atoms with Gasteiger partial charge in [0.05, 0.1) is 4.92 Å². The van der Waals surface area contributed by atoms with Crippen molar-refractivity contribution in [3.63, 3.8) is 0 Å². The van der Waals surface area contributed by atoms with Crippen LogP contribution < -0.4 is 5.32 Å². The molecule has 0 fully saturated rings. The molecule has 0 amide bonds. The Kier molecular flexibility index (Phi) is 3.51. The van der Waals surface area contributed by atoms with Crippen LogP contribution in [0.1, 0.15) is 33.6 Å². The summed E-state index contributed by atoms with van der Waals surface area (Å²) in [4.78, 5) is 10.4. The van der Waals surface area contributed by atoms with Crippen LogP contribution in [0.15, 0.2) is 6.20 Å². The number of nitrogens with one attached hydrogen (secondary N) is 1. The second-order valence-corrected chi connectivity index (χ2v) is 4.55. The van der Waals surface area contributed by atoms with Gasteiger partial charge in [0.15, 0.2) is 0 Å². The van der Waals surface area contributed by atoms with Crippen molar-refractivity contribution in [1.29, 1.82) is 0 Å². The fourth-order valence-electron chi connectivity index (χ4n) is 1.71. The van der Waals surface area contributed by atoms with E-state index in [2.05, 4.69) is 17.3 Å². The lowest BCUT2D eigenvalue weighted by Gasteiger charge is -2.25. The van der Waals surface area contributed by atoms with Crippen LogP contribution in [-0.4, -0.2) is 20.2 Å². The van der Waals surface area contributed by atoms with Gasteiger partial charge in [-0.3, -0.25) is 14.8 Å². The van der Waals surface area contributed by atoms with E-state index >= 15 is 0 Å². The summed E-state index contributed by atoms with van der Waals surface area (Å²) < 4.78 is 1.45. The van der Waals surface area contributed by atoms with Crippen molar-refractivity contribution in [2.75, 3.05) is 5.32 Å². The van der Waals surface area contributed by atoms with Gasteiger partial charge in [-0.15, -0.1) is 5.10 Å². The minimum Gasteiger partial charge on any atom is -0.358 e. The number of aryl methyl sites for hydroxylation is 1. The lowest BCUT2D eigenvalue weighted by Crippen LogP contribution is -2.31. The lowest BCUT2D eigenvalue weighted by atomic mass is 9.99. The van der Waals surface area contributed by atoms with Crippen LogP contribution in [0.5, 0.6) is 0 Å². The van der Waals surface area contributed by atoms with Crippen LogP contribution in [0, 0.1) is 10.1 Å². The summed E-state index contributed by atoms with van der Waals surface area (Å²) in [5.74, 6) is 0.339. The molecule has 0 atom stereocenters. The Morgan fingerprint density at radius 2 is 2.25 bits per heavy atom. The predicted molar refractivity (Wildman–Crippen MR) is 62.5 cm³/mol. The van der Waals surface area contributed by atoms with Gasteiger partial charge in [-0.05, 0) is 20.3 Å². The summed E-state index contributed by atoms with van der Waals surface area (Å²) in [6, 6.07) is 0. The molecule has 0 aliphatic carbocycles. The molecule has 1 rings (SSSR count). The van der Waals surface area contributed by atoms with Gasteiger partial charge in [0, 0.05) is 12.6 Å². The largest absolute Gasteiger partial charge is 0.358 e. The maximum absolute atomic E-state index is 10.8. The minimum absolute atomic E-state index is 0.0201. The van der Waals surface area contributed by atoms with Crippen LogP contribution in [0.4, 0.5) is 11.5 Å². The molecule has 0 unspecified atom stereocenters. The molecule has 0 aliphatic rings. The highest BCUT2D eigenvalue weighted by Gasteiger charge is 2.24. The van der Waals surface area contributed by atoms with Crippen molar-refractivity contribution in [2.24, 2.45) is 7.05 Å². The summed E-state index contributed by atoms with van der Waals surface area (Å²) in [6.45, 7) is 6.10. The molecular formula is C10H18N4O2. The summed E-state index contributed by atoms with van der Waals surface area (Å²) >= 11 is 0. The first-order chi connectivity index (χ1) is 7.35. The Hall–Kier alpha value is -1.59. The van der Waals surface area contributed by atoms with E-state index in [0.717, 1.165) is 12.8 Å². The number of aromatic nitrogens is 2. The third-order valence-electron chi connectivity index (χ3n) is 2.34. The average molecular weight is 226 g/mol. The number of anilines is 1. The summed E-state index contributed by atoms with van der Waals surface area (Å²) in [7, 11) is 1.67. The average Bonchev–Trinajstić information content (AvgIpc) is 2.45. The maximum atomic E-state index is 10.8. The molecule has 0 spiro atoms. The van der Waals surface area contributed by atoms with Crippen LogP contribution in [0.25, 0.3) is 0 Å². The molecule has 6 heteroatoms. The number of rotatable bonds is 5. The zero-order chi connectivity index (χ0) is 12.3. The van der Waals surface area contributed by atoms with E-state index in [0.29, 0.717) is 5.82 Å². The number of nitro groups is 1. The first-order valence-corrected chi connectivity index (χ1v) is 5.32. The van der Waals surface area contributed by atoms with E-state index in [1.807, 2.05) is 13.8 Å². The highest BCUT2D eigenvalue weighted by atomic mass is 16.6. The van der Waals surface area contributed by atoms with Gasteiger partial charge in [-0.2, -0.15) is 0 Å². The molecule has 0 saturated heterocycles. The van der Waals surface area contributed by atoms with Crippen molar-refractivity contribution in [2.45, 2.75) is 39.2 Å². The summed E-state index contributed by atoms with van der Waals surface area (Å²) in [6.07, 6.45) is 3.35. The quantitative estimate of drug-likeness (QED) is 0.617. The first-order valence-electron chi connectivity index (χ1n) is 5.32. The van der Waals surface area contributed by atoms with Crippen molar-refractivity contribution >= 4 is 11.5 Å². The summed E-state index contributed by atoms with van der Waals surface area (Å²) in [5, 5.41) is 18.0. The number of nitrogens with zero attached hydrogens (tertiary/aromatic N) is 3. The molecule has 0 saturated carbocycles. The van der Waals surface area contributed by atoms with Crippen molar-refractivity contribution in [3.8, 4) is 0 Å². The number of hydrogen-bond acceptors (Lipinski definition) is 4. The lowest BCUT2D eigenvalue weighted by molar-refractivity contribution is -0.384. The van der Waals surface area contributed by atoms with Crippen molar-refractivity contribution in [1.82, 2.24) is 9.78 Å². The molecule has 0 radical (unpaired) electrons. The number of hydrogen-bond donors (Lipinski definition) is 1. The molecule has 16 heavy (non-hydrogen) atoms. The fraction of sp³-hybridized carbons (Fsp3) is 0.700. The van der Waals surface area contributed by atoms with E-state index in [1.165, 1.54) is 10.9 Å². The SMILES string of the molecule is CCCC(C)(C)Nc1nn(C)cc1[N+](=O)[O-]. The smallest absolute Gasteiger partial charge is 0.330 e. The Bertz CT molecular complexity index is 384. The highest BCUT2D eigenvalue weighted by molar-refractivity contribution is 5.55. The monoisotopic (exact) mass is 226 g/mol. The summed E-state index contributed by atoms with van der Waals surface area (Å²) in [5.41, 5.74) is -0.167. The Morgan fingerprint density at radius 1 is 1.62 bits per heavy atom. The molecule has 0 aliphatic heterocycles. The Labute approximate surface area is 94.8 Å². The van der Waals surface area contributed by atoms with E-state index in [1.54, 1.807) is 7.05 Å². The van der Waals surface area contributed by atoms with Gasteiger partial charge >= 0.3 is 5.69 Å². The highest BCUT2D eigenvalue weighted by Crippen LogP contribution is 2.26. The van der Waals surface area contributed by atoms with Gasteiger partial charge in [-0.1, -0.05) is 13.3 Å².